The van der Waals surface area contributed by atoms with Gasteiger partial charge in [0.15, 0.2) is 0 Å². The monoisotopic (exact) mass is 365 g/mol. The van der Waals surface area contributed by atoms with Gasteiger partial charge in [0.2, 0.25) is 0 Å². The maximum Gasteiger partial charge on any atom is 0.147 e. The fourth-order valence-electron chi connectivity index (χ4n) is 4.03. The number of aromatic nitrogens is 2. The zero-order valence-electron chi connectivity index (χ0n) is 15.1. The van der Waals surface area contributed by atoms with Gasteiger partial charge in [-0.3, -0.25) is 0 Å². The van der Waals surface area contributed by atoms with E-state index in [2.05, 4.69) is 45.2 Å². The summed E-state index contributed by atoms with van der Waals surface area (Å²) in [4.78, 5) is 10.0. The molecule has 6 heteroatoms. The second-order valence-corrected chi connectivity index (χ2v) is 7.12. The van der Waals surface area contributed by atoms with Gasteiger partial charge in [-0.15, -0.1) is 0 Å². The summed E-state index contributed by atoms with van der Waals surface area (Å²) in [7, 11) is 0. The van der Waals surface area contributed by atoms with Crippen LogP contribution in [0.5, 0.6) is 5.75 Å². The van der Waals surface area contributed by atoms with E-state index in [-0.39, 0.29) is 6.10 Å². The van der Waals surface area contributed by atoms with Crippen molar-refractivity contribution in [1.82, 2.24) is 9.97 Å². The molecule has 2 aromatic carbocycles. The van der Waals surface area contributed by atoms with Crippen molar-refractivity contribution in [3.8, 4) is 5.75 Å². The average Bonchev–Trinajstić information content (AvgIpc) is 3.38. The molecule has 3 aromatic rings. The number of nitrogens with one attached hydrogen (secondary N) is 1. The molecule has 0 spiro atoms. The van der Waals surface area contributed by atoms with E-state index in [0.29, 0.717) is 26.0 Å². The van der Waals surface area contributed by atoms with E-state index in [1.54, 1.807) is 6.33 Å². The van der Waals surface area contributed by atoms with Crippen LogP contribution in [0.15, 0.2) is 48.8 Å². The van der Waals surface area contributed by atoms with Crippen molar-refractivity contribution in [2.24, 2.45) is 0 Å². The van der Waals surface area contributed by atoms with Crippen molar-refractivity contribution in [1.29, 1.82) is 0 Å². The highest BCUT2D eigenvalue weighted by molar-refractivity contribution is 5.75. The number of H-pyrrole nitrogens is 1. The van der Waals surface area contributed by atoms with Gasteiger partial charge in [-0.2, -0.15) is 0 Å². The Balaban J connectivity index is 1.33. The lowest BCUT2D eigenvalue weighted by Gasteiger charge is -2.28. The Bertz CT molecular complexity index is 902. The minimum atomic E-state index is -0.0368. The quantitative estimate of drug-likeness (QED) is 0.765. The molecule has 3 heterocycles. The second kappa shape index (κ2) is 7.21. The third kappa shape index (κ3) is 3.38. The van der Waals surface area contributed by atoms with E-state index in [4.69, 9.17) is 14.2 Å². The topological polar surface area (TPSA) is 59.6 Å². The van der Waals surface area contributed by atoms with E-state index in [1.807, 2.05) is 12.1 Å². The van der Waals surface area contributed by atoms with Crippen LogP contribution in [0.2, 0.25) is 0 Å². The van der Waals surface area contributed by atoms with E-state index in [0.717, 1.165) is 29.7 Å². The van der Waals surface area contributed by atoms with Gasteiger partial charge in [-0.25, -0.2) is 4.98 Å². The van der Waals surface area contributed by atoms with Gasteiger partial charge in [0, 0.05) is 12.2 Å². The molecular weight excluding hydrogens is 342 g/mol. The van der Waals surface area contributed by atoms with Crippen LogP contribution >= 0.6 is 0 Å². The van der Waals surface area contributed by atoms with E-state index in [9.17, 15) is 0 Å². The first-order valence-electron chi connectivity index (χ1n) is 9.49. The lowest BCUT2D eigenvalue weighted by Crippen LogP contribution is -2.33. The summed E-state index contributed by atoms with van der Waals surface area (Å²) in [5.41, 5.74) is 4.67. The third-order valence-corrected chi connectivity index (χ3v) is 5.33. The van der Waals surface area contributed by atoms with Gasteiger partial charge in [0.05, 0.1) is 36.6 Å². The highest BCUT2D eigenvalue weighted by atomic mass is 16.7. The van der Waals surface area contributed by atoms with Gasteiger partial charge in [0.1, 0.15) is 18.6 Å². The first kappa shape index (κ1) is 16.6. The third-order valence-electron chi connectivity index (χ3n) is 5.33. The largest absolute Gasteiger partial charge is 0.486 e. The highest BCUT2D eigenvalue weighted by Crippen LogP contribution is 2.37. The first-order valence-corrected chi connectivity index (χ1v) is 9.49. The number of rotatable bonds is 4. The van der Waals surface area contributed by atoms with Crippen molar-refractivity contribution in [2.75, 3.05) is 31.5 Å². The van der Waals surface area contributed by atoms with Gasteiger partial charge in [-0.1, -0.05) is 6.07 Å². The van der Waals surface area contributed by atoms with Crippen molar-refractivity contribution < 1.29 is 14.2 Å². The molecule has 1 unspecified atom stereocenters. The van der Waals surface area contributed by atoms with Crippen LogP contribution < -0.4 is 9.64 Å². The van der Waals surface area contributed by atoms with E-state index < -0.39 is 0 Å². The normalized spacial score (nSPS) is 21.0. The molecule has 5 rings (SSSR count). The average molecular weight is 365 g/mol. The van der Waals surface area contributed by atoms with Crippen molar-refractivity contribution in [3.63, 3.8) is 0 Å². The molecule has 2 aliphatic heterocycles. The molecule has 0 aliphatic carbocycles. The number of benzene rings is 2. The molecule has 2 fully saturated rings. The molecule has 1 aromatic heterocycles. The Hall–Kier alpha value is -2.57. The van der Waals surface area contributed by atoms with Gasteiger partial charge >= 0.3 is 0 Å². The number of ether oxygens (including phenoxy) is 3. The maximum atomic E-state index is 5.94. The zero-order valence-corrected chi connectivity index (χ0v) is 15.1. The van der Waals surface area contributed by atoms with Crippen LogP contribution in [0, 0.1) is 0 Å². The lowest BCUT2D eigenvalue weighted by atomic mass is 10.0. The summed E-state index contributed by atoms with van der Waals surface area (Å²) < 4.78 is 16.5. The summed E-state index contributed by atoms with van der Waals surface area (Å²) in [6.07, 6.45) is 4.07. The minimum Gasteiger partial charge on any atom is -0.486 e. The number of anilines is 1. The van der Waals surface area contributed by atoms with Crippen molar-refractivity contribution in [3.05, 3.63) is 54.4 Å². The molecule has 0 bridgehead atoms. The molecule has 1 N–H and O–H groups in total. The standard InChI is InChI=1S/C21H23N3O3/c1-2-21(15-3-8-19-20(10-15)23-13-22-19)24(9-1)16-4-6-17(7-5-16)27-18-11-25-14-26-12-18/h3-8,10,13,18,21H,1-2,9,11-12,14H2,(H,22,23). The molecule has 0 amide bonds. The Labute approximate surface area is 158 Å². The highest BCUT2D eigenvalue weighted by Gasteiger charge is 2.26. The zero-order chi connectivity index (χ0) is 18.1. The van der Waals surface area contributed by atoms with Crippen LogP contribution in [-0.2, 0) is 9.47 Å². The summed E-state index contributed by atoms with van der Waals surface area (Å²) in [5.74, 6) is 0.854. The maximum absolute atomic E-state index is 5.94. The number of aromatic amines is 1. The van der Waals surface area contributed by atoms with Crippen LogP contribution in [-0.4, -0.2) is 42.6 Å². The predicted octanol–water partition coefficient (Wildman–Crippen LogP) is 3.66. The summed E-state index contributed by atoms with van der Waals surface area (Å²) >= 11 is 0. The Kier molecular flexibility index (Phi) is 4.43. The fraction of sp³-hybridized carbons (Fsp3) is 0.381. The molecular formula is C21H23N3O3. The minimum absolute atomic E-state index is 0.0368. The Morgan fingerprint density at radius 2 is 1.93 bits per heavy atom. The predicted molar refractivity (Wildman–Crippen MR) is 103 cm³/mol. The molecule has 0 radical (unpaired) electrons. The van der Waals surface area contributed by atoms with Crippen LogP contribution in [0.4, 0.5) is 5.69 Å². The second-order valence-electron chi connectivity index (χ2n) is 7.12. The SMILES string of the molecule is c1nc2ccc(C3CCCN3c3ccc(OC4COCOC4)cc3)cc2[nH]1. The van der Waals surface area contributed by atoms with Crippen molar-refractivity contribution >= 4 is 16.7 Å². The van der Waals surface area contributed by atoms with Gasteiger partial charge in [0.25, 0.3) is 0 Å². The summed E-state index contributed by atoms with van der Waals surface area (Å²) in [5, 5.41) is 0. The molecule has 27 heavy (non-hydrogen) atoms. The Morgan fingerprint density at radius 1 is 1.07 bits per heavy atom. The number of hydrogen-bond acceptors (Lipinski definition) is 5. The fourth-order valence-corrected chi connectivity index (χ4v) is 4.03. The molecule has 2 saturated heterocycles. The molecule has 1 atom stereocenters. The van der Waals surface area contributed by atoms with E-state index in [1.165, 1.54) is 17.7 Å². The molecule has 140 valence electrons. The molecule has 6 nitrogen and oxygen atoms in total. The van der Waals surface area contributed by atoms with E-state index >= 15 is 0 Å². The molecule has 2 aliphatic rings. The smallest absolute Gasteiger partial charge is 0.147 e. The Morgan fingerprint density at radius 3 is 2.78 bits per heavy atom. The summed E-state index contributed by atoms with van der Waals surface area (Å²) in [6, 6.07) is 15.3. The van der Waals surface area contributed by atoms with Gasteiger partial charge in [-0.05, 0) is 54.8 Å². The molecule has 0 saturated carbocycles. The van der Waals surface area contributed by atoms with Gasteiger partial charge < -0.3 is 24.1 Å². The van der Waals surface area contributed by atoms with Crippen molar-refractivity contribution in [2.45, 2.75) is 25.0 Å². The number of imidazole rings is 1. The number of fused-ring (bicyclic) bond motifs is 1. The lowest BCUT2D eigenvalue weighted by molar-refractivity contribution is -0.143. The number of hydrogen-bond donors (Lipinski definition) is 1. The first-order chi connectivity index (χ1) is 13.4. The van der Waals surface area contributed by atoms with Crippen LogP contribution in [0.1, 0.15) is 24.4 Å². The number of nitrogens with zero attached hydrogens (tertiary/aromatic N) is 2. The van der Waals surface area contributed by atoms with Crippen LogP contribution in [0.3, 0.4) is 0 Å². The van der Waals surface area contributed by atoms with Crippen LogP contribution in [0.25, 0.3) is 11.0 Å². The summed E-state index contributed by atoms with van der Waals surface area (Å²) in [6.45, 7) is 2.58.